The van der Waals surface area contributed by atoms with Crippen LogP contribution in [0, 0.1) is 29.3 Å². The normalized spacial score (nSPS) is 19.6. The Morgan fingerprint density at radius 2 is 1.55 bits per heavy atom. The molecule has 0 radical (unpaired) electrons. The van der Waals surface area contributed by atoms with Crippen LogP contribution in [0.3, 0.4) is 0 Å². The maximum Gasteiger partial charge on any atom is 0.175 e. The summed E-state index contributed by atoms with van der Waals surface area (Å²) >= 11 is 0. The van der Waals surface area contributed by atoms with E-state index in [0.717, 1.165) is 12.3 Å². The van der Waals surface area contributed by atoms with Crippen LogP contribution in [0.4, 0.5) is 13.2 Å². The standard InChI is InChI=1S/C25H33F3O/c1-3-5-6-17-7-9-18(10-8-17)11-12-20-16-19-13-14-21(29-15-4-2)24(27)22(19)25(28)23(20)26/h13-14,16-18H,3-12,15H2,1-2H3. The van der Waals surface area contributed by atoms with Gasteiger partial charge in [0.2, 0.25) is 0 Å². The Morgan fingerprint density at radius 3 is 2.21 bits per heavy atom. The molecule has 0 N–H and O–H groups in total. The Hall–Kier alpha value is -1.71. The molecule has 0 bridgehead atoms. The number of hydrogen-bond donors (Lipinski definition) is 0. The molecule has 160 valence electrons. The third-order valence-electron chi connectivity index (χ3n) is 6.38. The van der Waals surface area contributed by atoms with Crippen LogP contribution in [0.1, 0.15) is 77.2 Å². The second-order valence-electron chi connectivity index (χ2n) is 8.56. The van der Waals surface area contributed by atoms with Crippen molar-refractivity contribution in [2.75, 3.05) is 6.61 Å². The first kappa shape index (κ1) is 22.0. The van der Waals surface area contributed by atoms with Crippen molar-refractivity contribution in [3.63, 3.8) is 0 Å². The molecule has 0 aliphatic heterocycles. The summed E-state index contributed by atoms with van der Waals surface area (Å²) in [5.41, 5.74) is 0.352. The smallest absolute Gasteiger partial charge is 0.175 e. The quantitative estimate of drug-likeness (QED) is 0.410. The van der Waals surface area contributed by atoms with Gasteiger partial charge in [0.15, 0.2) is 23.2 Å². The lowest BCUT2D eigenvalue weighted by atomic mass is 9.78. The molecule has 0 atom stereocenters. The molecule has 2 aromatic carbocycles. The second-order valence-corrected chi connectivity index (χ2v) is 8.56. The maximum absolute atomic E-state index is 14.7. The molecular weight excluding hydrogens is 373 g/mol. The summed E-state index contributed by atoms with van der Waals surface area (Å²) < 4.78 is 49.3. The number of fused-ring (bicyclic) bond motifs is 1. The van der Waals surface area contributed by atoms with Crippen LogP contribution < -0.4 is 4.74 Å². The number of ether oxygens (including phenoxy) is 1. The van der Waals surface area contributed by atoms with Crippen LogP contribution in [-0.4, -0.2) is 6.61 Å². The highest BCUT2D eigenvalue weighted by Crippen LogP contribution is 2.36. The molecule has 1 aliphatic carbocycles. The van der Waals surface area contributed by atoms with Crippen molar-refractivity contribution in [3.05, 3.63) is 41.2 Å². The summed E-state index contributed by atoms with van der Waals surface area (Å²) in [6.07, 6.45) is 10.8. The van der Waals surface area contributed by atoms with Gasteiger partial charge < -0.3 is 4.74 Å². The first-order valence-corrected chi connectivity index (χ1v) is 11.3. The Labute approximate surface area is 172 Å². The number of hydrogen-bond acceptors (Lipinski definition) is 1. The molecule has 1 saturated carbocycles. The molecule has 1 aliphatic rings. The third-order valence-corrected chi connectivity index (χ3v) is 6.38. The topological polar surface area (TPSA) is 9.23 Å². The van der Waals surface area contributed by atoms with Gasteiger partial charge in [0.05, 0.1) is 12.0 Å². The number of unbranched alkanes of at least 4 members (excludes halogenated alkanes) is 1. The SMILES string of the molecule is CCCCC1CCC(CCc2cc3ccc(OCCC)c(F)c3c(F)c2F)CC1. The number of benzene rings is 2. The molecule has 0 heterocycles. The lowest BCUT2D eigenvalue weighted by molar-refractivity contribution is 0.249. The van der Waals surface area contributed by atoms with Gasteiger partial charge in [-0.2, -0.15) is 0 Å². The second kappa shape index (κ2) is 10.4. The minimum absolute atomic E-state index is 0.0229. The molecule has 2 aromatic rings. The van der Waals surface area contributed by atoms with E-state index in [1.54, 1.807) is 12.1 Å². The van der Waals surface area contributed by atoms with Gasteiger partial charge >= 0.3 is 0 Å². The molecule has 3 rings (SSSR count). The Balaban J connectivity index is 1.68. The summed E-state index contributed by atoms with van der Waals surface area (Å²) in [4.78, 5) is 0. The molecule has 1 nitrogen and oxygen atoms in total. The molecule has 0 amide bonds. The summed E-state index contributed by atoms with van der Waals surface area (Å²) in [7, 11) is 0. The fourth-order valence-corrected chi connectivity index (χ4v) is 4.58. The average molecular weight is 407 g/mol. The van der Waals surface area contributed by atoms with Crippen LogP contribution in [0.2, 0.25) is 0 Å². The van der Waals surface area contributed by atoms with Crippen LogP contribution in [0.25, 0.3) is 10.8 Å². The highest BCUT2D eigenvalue weighted by Gasteiger charge is 2.23. The van der Waals surface area contributed by atoms with E-state index >= 15 is 0 Å². The van der Waals surface area contributed by atoms with Gasteiger partial charge in [0.1, 0.15) is 0 Å². The largest absolute Gasteiger partial charge is 0.491 e. The minimum Gasteiger partial charge on any atom is -0.491 e. The van der Waals surface area contributed by atoms with Gasteiger partial charge in [-0.05, 0) is 54.2 Å². The van der Waals surface area contributed by atoms with E-state index in [2.05, 4.69) is 6.92 Å². The maximum atomic E-state index is 14.7. The number of rotatable bonds is 9. The van der Waals surface area contributed by atoms with E-state index in [9.17, 15) is 13.2 Å². The van der Waals surface area contributed by atoms with E-state index in [1.807, 2.05) is 6.92 Å². The van der Waals surface area contributed by atoms with Crippen LogP contribution in [0.5, 0.6) is 5.75 Å². The monoisotopic (exact) mass is 406 g/mol. The minimum atomic E-state index is -1.10. The van der Waals surface area contributed by atoms with Crippen molar-refractivity contribution in [1.82, 2.24) is 0 Å². The molecule has 0 saturated heterocycles. The highest BCUT2D eigenvalue weighted by atomic mass is 19.2. The first-order valence-electron chi connectivity index (χ1n) is 11.3. The lowest BCUT2D eigenvalue weighted by Crippen LogP contribution is -2.15. The highest BCUT2D eigenvalue weighted by molar-refractivity contribution is 5.86. The predicted octanol–water partition coefficient (Wildman–Crippen LogP) is 7.98. The van der Waals surface area contributed by atoms with E-state index in [0.29, 0.717) is 36.3 Å². The molecule has 29 heavy (non-hydrogen) atoms. The zero-order chi connectivity index (χ0) is 20.8. The molecule has 0 unspecified atom stereocenters. The van der Waals surface area contributed by atoms with Gasteiger partial charge in [-0.3, -0.25) is 0 Å². The Kier molecular flexibility index (Phi) is 7.85. The summed E-state index contributed by atoms with van der Waals surface area (Å²) in [5.74, 6) is -1.43. The van der Waals surface area contributed by atoms with Crippen molar-refractivity contribution in [1.29, 1.82) is 0 Å². The number of halogens is 3. The van der Waals surface area contributed by atoms with Gasteiger partial charge in [-0.15, -0.1) is 0 Å². The summed E-state index contributed by atoms with van der Waals surface area (Å²) in [6.45, 7) is 4.47. The van der Waals surface area contributed by atoms with Crippen molar-refractivity contribution in [2.45, 2.75) is 78.1 Å². The van der Waals surface area contributed by atoms with Gasteiger partial charge in [0.25, 0.3) is 0 Å². The Morgan fingerprint density at radius 1 is 0.862 bits per heavy atom. The van der Waals surface area contributed by atoms with E-state index in [1.165, 1.54) is 51.0 Å². The van der Waals surface area contributed by atoms with Gasteiger partial charge in [0, 0.05) is 0 Å². The molecule has 4 heteroatoms. The van der Waals surface area contributed by atoms with E-state index in [4.69, 9.17) is 4.74 Å². The fourth-order valence-electron chi connectivity index (χ4n) is 4.58. The van der Waals surface area contributed by atoms with E-state index < -0.39 is 17.5 Å². The molecule has 0 spiro atoms. The summed E-state index contributed by atoms with van der Waals surface area (Å²) in [5, 5.41) is 0.0832. The Bertz CT molecular complexity index is 810. The van der Waals surface area contributed by atoms with Crippen LogP contribution in [0.15, 0.2) is 18.2 Å². The van der Waals surface area contributed by atoms with Gasteiger partial charge in [-0.1, -0.05) is 64.9 Å². The lowest BCUT2D eigenvalue weighted by Gasteiger charge is -2.28. The van der Waals surface area contributed by atoms with Crippen molar-refractivity contribution in [2.24, 2.45) is 11.8 Å². The van der Waals surface area contributed by atoms with Crippen LogP contribution in [-0.2, 0) is 6.42 Å². The van der Waals surface area contributed by atoms with Gasteiger partial charge in [-0.25, -0.2) is 13.2 Å². The van der Waals surface area contributed by atoms with E-state index in [-0.39, 0.29) is 11.1 Å². The van der Waals surface area contributed by atoms with Crippen molar-refractivity contribution >= 4 is 10.8 Å². The fraction of sp³-hybridized carbons (Fsp3) is 0.600. The van der Waals surface area contributed by atoms with Crippen LogP contribution >= 0.6 is 0 Å². The first-order chi connectivity index (χ1) is 14.0. The number of aryl methyl sites for hydroxylation is 1. The zero-order valence-corrected chi connectivity index (χ0v) is 17.7. The molecule has 0 aromatic heterocycles. The zero-order valence-electron chi connectivity index (χ0n) is 17.7. The predicted molar refractivity (Wildman–Crippen MR) is 113 cm³/mol. The van der Waals surface area contributed by atoms with Crippen molar-refractivity contribution in [3.8, 4) is 5.75 Å². The molecule has 1 fully saturated rings. The molecular formula is C25H33F3O. The van der Waals surface area contributed by atoms with Crippen molar-refractivity contribution < 1.29 is 17.9 Å². The summed E-state index contributed by atoms with van der Waals surface area (Å²) in [6, 6.07) is 4.73. The third kappa shape index (κ3) is 5.26. The average Bonchev–Trinajstić information content (AvgIpc) is 2.74.